The third-order valence-electron chi connectivity index (χ3n) is 4.21. The number of carbonyl (C=O) groups excluding carboxylic acids is 1. The van der Waals surface area contributed by atoms with E-state index < -0.39 is 0 Å². The summed E-state index contributed by atoms with van der Waals surface area (Å²) in [6.45, 7) is 2.39. The fourth-order valence-electron chi connectivity index (χ4n) is 2.90. The summed E-state index contributed by atoms with van der Waals surface area (Å²) < 4.78 is 5.34. The number of aromatic nitrogens is 4. The van der Waals surface area contributed by atoms with Crippen LogP contribution in [0, 0.1) is 6.92 Å². The van der Waals surface area contributed by atoms with E-state index in [0.717, 1.165) is 22.6 Å². The van der Waals surface area contributed by atoms with Gasteiger partial charge in [0.15, 0.2) is 0 Å². The van der Waals surface area contributed by atoms with Gasteiger partial charge in [-0.25, -0.2) is 15.0 Å². The molecule has 2 N–H and O–H groups in total. The first kappa shape index (κ1) is 18.8. The lowest BCUT2D eigenvalue weighted by Crippen LogP contribution is -2.33. The standard InChI is InChI=1S/C19H23N5O3/c1-13-20-11-14(21-13)12-24(9-10-25)18(26)8-7-17-19(27-2)23-16-6-4-3-5-15(16)22-17/h3-6,11,25H,7-10,12H2,1-2H3,(H,20,21). The molecule has 2 aromatic heterocycles. The van der Waals surface area contributed by atoms with Crippen molar-refractivity contribution in [2.24, 2.45) is 0 Å². The summed E-state index contributed by atoms with van der Waals surface area (Å²) >= 11 is 0. The van der Waals surface area contributed by atoms with Gasteiger partial charge in [-0.3, -0.25) is 4.79 Å². The Morgan fingerprint density at radius 3 is 2.63 bits per heavy atom. The number of hydrogen-bond acceptors (Lipinski definition) is 6. The zero-order valence-electron chi connectivity index (χ0n) is 15.5. The normalized spacial score (nSPS) is 10.9. The molecule has 0 unspecified atom stereocenters. The number of hydrogen-bond donors (Lipinski definition) is 2. The number of ether oxygens (including phenoxy) is 1. The maximum absolute atomic E-state index is 12.7. The van der Waals surface area contributed by atoms with Gasteiger partial charge in [0.05, 0.1) is 43.2 Å². The third kappa shape index (κ3) is 4.59. The Bertz CT molecular complexity index is 925. The first-order chi connectivity index (χ1) is 13.1. The van der Waals surface area contributed by atoms with Gasteiger partial charge in [0.1, 0.15) is 11.5 Å². The first-order valence-corrected chi connectivity index (χ1v) is 8.79. The SMILES string of the molecule is COc1nc2ccccc2nc1CCC(=O)N(CCO)Cc1cnc(C)[nH]1. The number of rotatable bonds is 8. The summed E-state index contributed by atoms with van der Waals surface area (Å²) in [5, 5.41) is 9.29. The number of aliphatic hydroxyl groups is 1. The molecular weight excluding hydrogens is 346 g/mol. The summed E-state index contributed by atoms with van der Waals surface area (Å²) in [6, 6.07) is 7.54. The summed E-state index contributed by atoms with van der Waals surface area (Å²) in [6.07, 6.45) is 2.35. The van der Waals surface area contributed by atoms with Crippen LogP contribution in [-0.4, -0.2) is 56.1 Å². The molecule has 8 heteroatoms. The van der Waals surface area contributed by atoms with E-state index in [4.69, 9.17) is 4.74 Å². The van der Waals surface area contributed by atoms with Gasteiger partial charge >= 0.3 is 0 Å². The van der Waals surface area contributed by atoms with Gasteiger partial charge in [0.25, 0.3) is 0 Å². The van der Waals surface area contributed by atoms with Gasteiger partial charge < -0.3 is 19.7 Å². The van der Waals surface area contributed by atoms with Gasteiger partial charge in [0.2, 0.25) is 11.8 Å². The van der Waals surface area contributed by atoms with Gasteiger partial charge in [-0.15, -0.1) is 0 Å². The first-order valence-electron chi connectivity index (χ1n) is 8.79. The molecule has 1 amide bonds. The van der Waals surface area contributed by atoms with E-state index in [9.17, 15) is 9.90 Å². The van der Waals surface area contributed by atoms with Crippen molar-refractivity contribution in [3.05, 3.63) is 47.7 Å². The fourth-order valence-corrected chi connectivity index (χ4v) is 2.90. The minimum absolute atomic E-state index is 0.0756. The summed E-state index contributed by atoms with van der Waals surface area (Å²) in [4.78, 5) is 30.6. The predicted molar refractivity (Wildman–Crippen MR) is 100 cm³/mol. The quantitative estimate of drug-likeness (QED) is 0.625. The topological polar surface area (TPSA) is 104 Å². The van der Waals surface area contributed by atoms with E-state index in [1.54, 1.807) is 18.2 Å². The molecule has 0 aliphatic heterocycles. The highest BCUT2D eigenvalue weighted by Gasteiger charge is 2.17. The van der Waals surface area contributed by atoms with E-state index in [1.165, 1.54) is 0 Å². The summed E-state index contributed by atoms with van der Waals surface area (Å²) in [5.74, 6) is 1.14. The Balaban J connectivity index is 1.71. The Morgan fingerprint density at radius 1 is 1.26 bits per heavy atom. The molecule has 0 fully saturated rings. The second-order valence-corrected chi connectivity index (χ2v) is 6.20. The Hall–Kier alpha value is -3.00. The van der Waals surface area contributed by atoms with E-state index in [1.807, 2.05) is 31.2 Å². The highest BCUT2D eigenvalue weighted by atomic mass is 16.5. The molecule has 0 saturated heterocycles. The van der Waals surface area contributed by atoms with Gasteiger partial charge in [-0.1, -0.05) is 12.1 Å². The fraction of sp³-hybridized carbons (Fsp3) is 0.368. The number of aryl methyl sites for hydroxylation is 2. The molecule has 0 atom stereocenters. The number of fused-ring (bicyclic) bond motifs is 1. The van der Waals surface area contributed by atoms with E-state index in [2.05, 4.69) is 19.9 Å². The monoisotopic (exact) mass is 369 g/mol. The number of nitrogens with one attached hydrogen (secondary N) is 1. The van der Waals surface area contributed by atoms with Crippen LogP contribution in [0.15, 0.2) is 30.5 Å². The average molecular weight is 369 g/mol. The Morgan fingerprint density at radius 2 is 2.00 bits per heavy atom. The van der Waals surface area contributed by atoms with Crippen molar-refractivity contribution in [3.8, 4) is 5.88 Å². The largest absolute Gasteiger partial charge is 0.480 e. The van der Waals surface area contributed by atoms with Crippen LogP contribution in [0.25, 0.3) is 11.0 Å². The smallest absolute Gasteiger partial charge is 0.235 e. The van der Waals surface area contributed by atoms with Crippen molar-refractivity contribution in [2.75, 3.05) is 20.3 Å². The number of amides is 1. The van der Waals surface area contributed by atoms with Crippen LogP contribution in [0.3, 0.4) is 0 Å². The Kier molecular flexibility index (Phi) is 5.97. The van der Waals surface area contributed by atoms with Crippen LogP contribution < -0.4 is 4.74 Å². The van der Waals surface area contributed by atoms with Gasteiger partial charge in [0, 0.05) is 19.4 Å². The number of para-hydroxylation sites is 2. The van der Waals surface area contributed by atoms with Gasteiger partial charge in [-0.05, 0) is 19.1 Å². The molecule has 0 radical (unpaired) electrons. The van der Waals surface area contributed by atoms with Crippen molar-refractivity contribution < 1.29 is 14.6 Å². The van der Waals surface area contributed by atoms with E-state index >= 15 is 0 Å². The highest BCUT2D eigenvalue weighted by Crippen LogP contribution is 2.20. The van der Waals surface area contributed by atoms with Crippen LogP contribution in [0.5, 0.6) is 5.88 Å². The third-order valence-corrected chi connectivity index (χ3v) is 4.21. The molecule has 2 heterocycles. The number of nitrogens with zero attached hydrogens (tertiary/aromatic N) is 4. The number of imidazole rings is 1. The van der Waals surface area contributed by atoms with Crippen LogP contribution in [0.4, 0.5) is 0 Å². The molecule has 3 rings (SSSR count). The van der Waals surface area contributed by atoms with E-state index in [-0.39, 0.29) is 25.5 Å². The zero-order valence-corrected chi connectivity index (χ0v) is 15.5. The average Bonchev–Trinajstić information content (AvgIpc) is 3.09. The maximum atomic E-state index is 12.7. The molecule has 0 saturated carbocycles. The van der Waals surface area contributed by atoms with Crippen molar-refractivity contribution in [1.29, 1.82) is 0 Å². The molecule has 27 heavy (non-hydrogen) atoms. The number of carbonyl (C=O) groups is 1. The number of methoxy groups -OCH3 is 1. The molecule has 0 bridgehead atoms. The second kappa shape index (κ2) is 8.59. The van der Waals surface area contributed by atoms with Crippen molar-refractivity contribution in [2.45, 2.75) is 26.3 Å². The van der Waals surface area contributed by atoms with Crippen LogP contribution in [0.1, 0.15) is 23.6 Å². The maximum Gasteiger partial charge on any atom is 0.235 e. The highest BCUT2D eigenvalue weighted by molar-refractivity contribution is 5.77. The van der Waals surface area contributed by atoms with E-state index in [0.29, 0.717) is 24.5 Å². The molecule has 0 spiro atoms. The van der Waals surface area contributed by atoms with Gasteiger partial charge in [-0.2, -0.15) is 0 Å². The van der Waals surface area contributed by atoms with Crippen LogP contribution in [-0.2, 0) is 17.8 Å². The molecule has 8 nitrogen and oxygen atoms in total. The van der Waals surface area contributed by atoms with Crippen LogP contribution >= 0.6 is 0 Å². The van der Waals surface area contributed by atoms with Crippen molar-refractivity contribution in [3.63, 3.8) is 0 Å². The molecule has 1 aromatic carbocycles. The molecule has 0 aliphatic carbocycles. The lowest BCUT2D eigenvalue weighted by molar-refractivity contribution is -0.132. The van der Waals surface area contributed by atoms with Crippen molar-refractivity contribution in [1.82, 2.24) is 24.8 Å². The van der Waals surface area contributed by atoms with Crippen molar-refractivity contribution >= 4 is 16.9 Å². The summed E-state index contributed by atoms with van der Waals surface area (Å²) in [5.41, 5.74) is 2.99. The number of H-pyrrole nitrogens is 1. The predicted octanol–water partition coefficient (Wildman–Crippen LogP) is 1.62. The molecule has 142 valence electrons. The molecule has 0 aliphatic rings. The second-order valence-electron chi connectivity index (χ2n) is 6.20. The summed E-state index contributed by atoms with van der Waals surface area (Å²) in [7, 11) is 1.54. The zero-order chi connectivity index (χ0) is 19.2. The minimum Gasteiger partial charge on any atom is -0.480 e. The molecule has 3 aromatic rings. The minimum atomic E-state index is -0.0992. The van der Waals surface area contributed by atoms with Crippen LogP contribution in [0.2, 0.25) is 0 Å². The molecular formula is C19H23N5O3. The number of aromatic amines is 1. The number of aliphatic hydroxyl groups excluding tert-OH is 1. The lowest BCUT2D eigenvalue weighted by Gasteiger charge is -2.21. The lowest BCUT2D eigenvalue weighted by atomic mass is 10.2. The Labute approximate surface area is 157 Å². The number of benzene rings is 1.